The average Bonchev–Trinajstić information content (AvgIpc) is 3.26. The van der Waals surface area contributed by atoms with Gasteiger partial charge in [0.15, 0.2) is 0 Å². The van der Waals surface area contributed by atoms with Gasteiger partial charge in [0.1, 0.15) is 5.69 Å². The van der Waals surface area contributed by atoms with Crippen LogP contribution in [0.2, 0.25) is 0 Å². The van der Waals surface area contributed by atoms with Crippen molar-refractivity contribution < 1.29 is 4.42 Å². The number of aryl methyl sites for hydroxylation is 1. The van der Waals surface area contributed by atoms with E-state index < -0.39 is 0 Å². The minimum absolute atomic E-state index is 0.286. The third-order valence-electron chi connectivity index (χ3n) is 4.31. The van der Waals surface area contributed by atoms with Gasteiger partial charge in [0.2, 0.25) is 5.89 Å². The molecule has 1 fully saturated rings. The summed E-state index contributed by atoms with van der Waals surface area (Å²) in [7, 11) is 0. The summed E-state index contributed by atoms with van der Waals surface area (Å²) in [5.74, 6) is 1.43. The topological polar surface area (TPSA) is 67.9 Å². The lowest BCUT2D eigenvalue weighted by atomic mass is 10.1. The molecule has 1 atom stereocenters. The van der Waals surface area contributed by atoms with Crippen LogP contribution in [0.15, 0.2) is 47.1 Å². The minimum atomic E-state index is 0.286. The summed E-state index contributed by atoms with van der Waals surface area (Å²) in [5, 5.41) is 8.36. The van der Waals surface area contributed by atoms with Gasteiger partial charge >= 0.3 is 0 Å². The van der Waals surface area contributed by atoms with Crippen molar-refractivity contribution in [3.63, 3.8) is 0 Å². The van der Waals surface area contributed by atoms with Crippen LogP contribution in [0.4, 0.5) is 0 Å². The van der Waals surface area contributed by atoms with Crippen molar-refractivity contribution in [1.82, 2.24) is 25.1 Å². The first-order valence-corrected chi connectivity index (χ1v) is 8.16. The van der Waals surface area contributed by atoms with E-state index in [1.165, 1.54) is 5.56 Å². The van der Waals surface area contributed by atoms with Gasteiger partial charge in [0, 0.05) is 19.3 Å². The van der Waals surface area contributed by atoms with E-state index >= 15 is 0 Å². The van der Waals surface area contributed by atoms with Gasteiger partial charge in [-0.15, -0.1) is 10.2 Å². The van der Waals surface area contributed by atoms with E-state index in [-0.39, 0.29) is 5.92 Å². The van der Waals surface area contributed by atoms with Crippen LogP contribution in [0.3, 0.4) is 0 Å². The molecule has 1 saturated heterocycles. The molecule has 1 aliphatic heterocycles. The van der Waals surface area contributed by atoms with Gasteiger partial charge in [-0.2, -0.15) is 0 Å². The molecule has 3 heterocycles. The van der Waals surface area contributed by atoms with Gasteiger partial charge in [-0.25, -0.2) is 4.98 Å². The van der Waals surface area contributed by atoms with Gasteiger partial charge in [-0.1, -0.05) is 30.3 Å². The maximum Gasteiger partial charge on any atom is 0.267 e. The highest BCUT2D eigenvalue weighted by Crippen LogP contribution is 2.28. The van der Waals surface area contributed by atoms with Crippen LogP contribution in [0, 0.1) is 6.92 Å². The maximum atomic E-state index is 5.84. The van der Waals surface area contributed by atoms with Crippen LogP contribution in [-0.4, -0.2) is 38.2 Å². The predicted octanol–water partition coefficient (Wildman–Crippen LogP) is 2.82. The van der Waals surface area contributed by atoms with Crippen LogP contribution in [0.25, 0.3) is 11.6 Å². The fourth-order valence-electron chi connectivity index (χ4n) is 3.03. The molecule has 1 unspecified atom stereocenters. The Kier molecular flexibility index (Phi) is 4.04. The second-order valence-electron chi connectivity index (χ2n) is 6.19. The first-order chi connectivity index (χ1) is 11.8. The SMILES string of the molecule is Cc1cnc(-c2nnc(C3CCN(Cc4ccccc4)C3)o2)cn1. The summed E-state index contributed by atoms with van der Waals surface area (Å²) < 4.78 is 5.84. The average molecular weight is 321 g/mol. The van der Waals surface area contributed by atoms with E-state index in [2.05, 4.69) is 49.3 Å². The number of aromatic nitrogens is 4. The van der Waals surface area contributed by atoms with E-state index in [1.807, 2.05) is 13.0 Å². The predicted molar refractivity (Wildman–Crippen MR) is 89.1 cm³/mol. The van der Waals surface area contributed by atoms with Crippen LogP contribution in [0.5, 0.6) is 0 Å². The molecule has 122 valence electrons. The zero-order valence-electron chi connectivity index (χ0n) is 13.6. The largest absolute Gasteiger partial charge is 0.419 e. The lowest BCUT2D eigenvalue weighted by molar-refractivity contribution is 0.320. The maximum absolute atomic E-state index is 5.84. The Balaban J connectivity index is 1.43. The normalized spacial score (nSPS) is 18.1. The Morgan fingerprint density at radius 1 is 1.12 bits per heavy atom. The Labute approximate surface area is 140 Å². The van der Waals surface area contributed by atoms with E-state index in [9.17, 15) is 0 Å². The van der Waals surface area contributed by atoms with Gasteiger partial charge in [0.25, 0.3) is 5.89 Å². The number of rotatable bonds is 4. The summed E-state index contributed by atoms with van der Waals surface area (Å²) in [5.41, 5.74) is 2.82. The van der Waals surface area contributed by atoms with Crippen molar-refractivity contribution in [2.24, 2.45) is 0 Å². The highest BCUT2D eigenvalue weighted by molar-refractivity contribution is 5.43. The van der Waals surface area contributed by atoms with Gasteiger partial charge in [-0.05, 0) is 25.5 Å². The summed E-state index contributed by atoms with van der Waals surface area (Å²) in [6.45, 7) is 4.84. The number of nitrogens with zero attached hydrogens (tertiary/aromatic N) is 5. The zero-order valence-corrected chi connectivity index (χ0v) is 13.6. The number of likely N-dealkylation sites (tertiary alicyclic amines) is 1. The molecule has 1 aromatic carbocycles. The number of benzene rings is 1. The second-order valence-corrected chi connectivity index (χ2v) is 6.19. The molecule has 0 aliphatic carbocycles. The fourth-order valence-corrected chi connectivity index (χ4v) is 3.03. The Morgan fingerprint density at radius 3 is 2.79 bits per heavy atom. The van der Waals surface area contributed by atoms with Crippen molar-refractivity contribution in [3.05, 3.63) is 59.9 Å². The minimum Gasteiger partial charge on any atom is -0.419 e. The highest BCUT2D eigenvalue weighted by atomic mass is 16.4. The summed E-state index contributed by atoms with van der Waals surface area (Å²) in [6.07, 6.45) is 4.41. The summed E-state index contributed by atoms with van der Waals surface area (Å²) in [6, 6.07) is 10.5. The molecule has 4 rings (SSSR count). The molecule has 6 heteroatoms. The molecule has 0 N–H and O–H groups in total. The molecule has 0 spiro atoms. The quantitative estimate of drug-likeness (QED) is 0.736. The van der Waals surface area contributed by atoms with Gasteiger partial charge < -0.3 is 4.42 Å². The number of hydrogen-bond acceptors (Lipinski definition) is 6. The number of hydrogen-bond donors (Lipinski definition) is 0. The van der Waals surface area contributed by atoms with E-state index in [0.29, 0.717) is 17.5 Å². The first kappa shape index (κ1) is 15.0. The van der Waals surface area contributed by atoms with Crippen LogP contribution in [0.1, 0.15) is 29.5 Å². The van der Waals surface area contributed by atoms with E-state index in [1.54, 1.807) is 12.4 Å². The molecule has 2 aromatic heterocycles. The Bertz CT molecular complexity index is 800. The van der Waals surface area contributed by atoms with Crippen LogP contribution >= 0.6 is 0 Å². The Morgan fingerprint density at radius 2 is 2.00 bits per heavy atom. The molecule has 3 aromatic rings. The van der Waals surface area contributed by atoms with E-state index in [4.69, 9.17) is 4.42 Å². The standard InChI is InChI=1S/C18H19N5O/c1-13-9-20-16(10-19-13)18-22-21-17(24-18)15-7-8-23(12-15)11-14-5-3-2-4-6-14/h2-6,9-10,15H,7-8,11-12H2,1H3. The monoisotopic (exact) mass is 321 g/mol. The van der Waals surface area contributed by atoms with Gasteiger partial charge in [-0.3, -0.25) is 9.88 Å². The summed E-state index contributed by atoms with van der Waals surface area (Å²) in [4.78, 5) is 10.9. The molecule has 0 amide bonds. The van der Waals surface area contributed by atoms with Gasteiger partial charge in [0.05, 0.1) is 17.8 Å². The van der Waals surface area contributed by atoms with Crippen molar-refractivity contribution >= 4 is 0 Å². The van der Waals surface area contributed by atoms with E-state index in [0.717, 1.165) is 31.7 Å². The molecule has 24 heavy (non-hydrogen) atoms. The van der Waals surface area contributed by atoms with Crippen molar-refractivity contribution in [1.29, 1.82) is 0 Å². The molecule has 0 radical (unpaired) electrons. The molecular formula is C18H19N5O. The van der Waals surface area contributed by atoms with Crippen molar-refractivity contribution in [2.45, 2.75) is 25.8 Å². The lowest BCUT2D eigenvalue weighted by Crippen LogP contribution is -2.19. The summed E-state index contributed by atoms with van der Waals surface area (Å²) >= 11 is 0. The smallest absolute Gasteiger partial charge is 0.267 e. The lowest BCUT2D eigenvalue weighted by Gasteiger charge is -2.14. The zero-order chi connectivity index (χ0) is 16.4. The third-order valence-corrected chi connectivity index (χ3v) is 4.31. The molecular weight excluding hydrogens is 302 g/mol. The molecule has 0 saturated carbocycles. The van der Waals surface area contributed by atoms with Crippen molar-refractivity contribution in [2.75, 3.05) is 13.1 Å². The fraction of sp³-hybridized carbons (Fsp3) is 0.333. The molecule has 6 nitrogen and oxygen atoms in total. The second kappa shape index (κ2) is 6.49. The van der Waals surface area contributed by atoms with Crippen molar-refractivity contribution in [3.8, 4) is 11.6 Å². The third kappa shape index (κ3) is 3.19. The highest BCUT2D eigenvalue weighted by Gasteiger charge is 2.28. The van der Waals surface area contributed by atoms with Crippen LogP contribution in [-0.2, 0) is 6.54 Å². The Hall–Kier alpha value is -2.60. The molecule has 0 bridgehead atoms. The van der Waals surface area contributed by atoms with Crippen LogP contribution < -0.4 is 0 Å². The molecule has 1 aliphatic rings. The first-order valence-electron chi connectivity index (χ1n) is 8.16.